The third-order valence-corrected chi connectivity index (χ3v) is 2.50. The summed E-state index contributed by atoms with van der Waals surface area (Å²) in [7, 11) is 0. The van der Waals surface area contributed by atoms with Crippen molar-refractivity contribution in [3.05, 3.63) is 35.0 Å². The van der Waals surface area contributed by atoms with Crippen LogP contribution in [0.1, 0.15) is 19.1 Å². The summed E-state index contributed by atoms with van der Waals surface area (Å²) in [6, 6.07) is 3.72. The molecule has 16 heavy (non-hydrogen) atoms. The molecule has 2 aromatic rings. The van der Waals surface area contributed by atoms with Crippen LogP contribution in [0.4, 0.5) is 0 Å². The summed E-state index contributed by atoms with van der Waals surface area (Å²) in [5, 5.41) is 4.18. The fraction of sp³-hybridized carbons (Fsp3) is 0.364. The number of hydrogen-bond acceptors (Lipinski definition) is 3. The van der Waals surface area contributed by atoms with Gasteiger partial charge in [-0.25, -0.2) is 0 Å². The molecule has 5 heteroatoms. The monoisotopic (exact) mass is 284 g/mol. The predicted molar refractivity (Wildman–Crippen MR) is 63.3 cm³/mol. The largest absolute Gasteiger partial charge is 0.482 e. The van der Waals surface area contributed by atoms with E-state index in [1.807, 2.05) is 23.0 Å². The van der Waals surface area contributed by atoms with Crippen molar-refractivity contribution in [1.82, 2.24) is 9.78 Å². The van der Waals surface area contributed by atoms with E-state index < -0.39 is 0 Å². The Morgan fingerprint density at radius 3 is 3.06 bits per heavy atom. The van der Waals surface area contributed by atoms with Gasteiger partial charge in [-0.05, 0) is 34.5 Å². The summed E-state index contributed by atoms with van der Waals surface area (Å²) >= 11 is 3.24. The van der Waals surface area contributed by atoms with Gasteiger partial charge in [0.25, 0.3) is 0 Å². The minimum atomic E-state index is 0.420. The van der Waals surface area contributed by atoms with Gasteiger partial charge in [0.1, 0.15) is 12.4 Å². The van der Waals surface area contributed by atoms with Crippen molar-refractivity contribution < 1.29 is 9.15 Å². The quantitative estimate of drug-likeness (QED) is 0.846. The minimum absolute atomic E-state index is 0.420. The summed E-state index contributed by atoms with van der Waals surface area (Å²) in [6.45, 7) is 3.45. The smallest absolute Gasteiger partial charge is 0.169 e. The van der Waals surface area contributed by atoms with Crippen LogP contribution in [-0.4, -0.2) is 9.78 Å². The molecule has 0 unspecified atom stereocenters. The van der Waals surface area contributed by atoms with E-state index in [4.69, 9.17) is 9.15 Å². The molecule has 0 aromatic carbocycles. The second-order valence-corrected chi connectivity index (χ2v) is 4.22. The first kappa shape index (κ1) is 11.3. The van der Waals surface area contributed by atoms with Crippen LogP contribution in [0.25, 0.3) is 0 Å². The lowest BCUT2D eigenvalue weighted by molar-refractivity contribution is 0.267. The maximum Gasteiger partial charge on any atom is 0.169 e. The third-order valence-electron chi connectivity index (χ3n) is 2.07. The molecule has 86 valence electrons. The highest BCUT2D eigenvalue weighted by atomic mass is 79.9. The van der Waals surface area contributed by atoms with Crippen molar-refractivity contribution in [2.75, 3.05) is 0 Å². The zero-order valence-corrected chi connectivity index (χ0v) is 10.6. The Labute approximate surface area is 102 Å². The molecule has 2 heterocycles. The Bertz CT molecular complexity index is 450. The van der Waals surface area contributed by atoms with Crippen molar-refractivity contribution in [3.8, 4) is 5.75 Å². The lowest BCUT2D eigenvalue weighted by Gasteiger charge is -1.99. The molecule has 0 saturated carbocycles. The van der Waals surface area contributed by atoms with E-state index in [0.717, 1.165) is 24.5 Å². The second kappa shape index (κ2) is 5.21. The third kappa shape index (κ3) is 2.88. The van der Waals surface area contributed by atoms with Gasteiger partial charge in [-0.2, -0.15) is 5.10 Å². The van der Waals surface area contributed by atoms with E-state index in [2.05, 4.69) is 28.0 Å². The van der Waals surface area contributed by atoms with Gasteiger partial charge < -0.3 is 9.15 Å². The van der Waals surface area contributed by atoms with Crippen LogP contribution < -0.4 is 4.74 Å². The molecule has 0 saturated heterocycles. The van der Waals surface area contributed by atoms with Gasteiger partial charge in [-0.15, -0.1) is 0 Å². The predicted octanol–water partition coefficient (Wildman–Crippen LogP) is 3.23. The first-order valence-electron chi connectivity index (χ1n) is 5.17. The summed E-state index contributed by atoms with van der Waals surface area (Å²) in [5.74, 6) is 1.55. The molecule has 4 nitrogen and oxygen atoms in total. The van der Waals surface area contributed by atoms with Gasteiger partial charge >= 0.3 is 0 Å². The summed E-state index contributed by atoms with van der Waals surface area (Å²) in [6.07, 6.45) is 4.67. The highest BCUT2D eigenvalue weighted by Crippen LogP contribution is 2.16. The number of nitrogens with zero attached hydrogens (tertiary/aromatic N) is 2. The molecule has 0 fully saturated rings. The van der Waals surface area contributed by atoms with E-state index in [9.17, 15) is 0 Å². The Hall–Kier alpha value is -1.23. The van der Waals surface area contributed by atoms with Gasteiger partial charge in [-0.1, -0.05) is 6.92 Å². The van der Waals surface area contributed by atoms with Crippen molar-refractivity contribution in [1.29, 1.82) is 0 Å². The maximum absolute atomic E-state index is 5.53. The molecule has 2 aromatic heterocycles. The maximum atomic E-state index is 5.53. The van der Waals surface area contributed by atoms with Crippen LogP contribution in [0.2, 0.25) is 0 Å². The number of aromatic nitrogens is 2. The van der Waals surface area contributed by atoms with Crippen molar-refractivity contribution >= 4 is 15.9 Å². The standard InChI is InChI=1S/C11H13BrN2O2/c1-2-5-14-7-10(6-13-14)15-8-9-3-4-11(12)16-9/h3-4,6-7H,2,5,8H2,1H3. The summed E-state index contributed by atoms with van der Waals surface area (Å²) in [4.78, 5) is 0. The van der Waals surface area contributed by atoms with Gasteiger partial charge in [0.2, 0.25) is 0 Å². The molecule has 0 aliphatic rings. The molecule has 0 radical (unpaired) electrons. The minimum Gasteiger partial charge on any atom is -0.482 e. The Kier molecular flexibility index (Phi) is 3.66. The number of halogens is 1. The number of rotatable bonds is 5. The Morgan fingerprint density at radius 1 is 1.50 bits per heavy atom. The van der Waals surface area contributed by atoms with Crippen LogP contribution in [0, 0.1) is 0 Å². The van der Waals surface area contributed by atoms with Crippen molar-refractivity contribution in [2.24, 2.45) is 0 Å². The first-order valence-corrected chi connectivity index (χ1v) is 5.96. The molecule has 0 amide bonds. The highest BCUT2D eigenvalue weighted by Gasteiger charge is 2.02. The highest BCUT2D eigenvalue weighted by molar-refractivity contribution is 9.10. The van der Waals surface area contributed by atoms with Crippen LogP contribution in [0.15, 0.2) is 33.6 Å². The number of furan rings is 1. The molecular formula is C11H13BrN2O2. The van der Waals surface area contributed by atoms with E-state index in [1.165, 1.54) is 0 Å². The SMILES string of the molecule is CCCn1cc(OCc2ccc(Br)o2)cn1. The molecule has 0 aliphatic carbocycles. The molecular weight excluding hydrogens is 272 g/mol. The summed E-state index contributed by atoms with van der Waals surface area (Å²) < 4.78 is 13.4. The van der Waals surface area contributed by atoms with Gasteiger partial charge in [-0.3, -0.25) is 4.68 Å². The second-order valence-electron chi connectivity index (χ2n) is 3.43. The van der Waals surface area contributed by atoms with Crippen LogP contribution in [0.3, 0.4) is 0 Å². The van der Waals surface area contributed by atoms with Crippen LogP contribution >= 0.6 is 15.9 Å². The molecule has 0 atom stereocenters. The average Bonchev–Trinajstić information content (AvgIpc) is 2.85. The van der Waals surface area contributed by atoms with Gasteiger partial charge in [0, 0.05) is 6.54 Å². The number of ether oxygens (including phenoxy) is 1. The van der Waals surface area contributed by atoms with E-state index >= 15 is 0 Å². The molecule has 0 bridgehead atoms. The average molecular weight is 285 g/mol. The van der Waals surface area contributed by atoms with Crippen LogP contribution in [-0.2, 0) is 13.2 Å². The van der Waals surface area contributed by atoms with E-state index in [0.29, 0.717) is 11.3 Å². The molecule has 2 rings (SSSR count). The lowest BCUT2D eigenvalue weighted by atomic mass is 10.5. The first-order chi connectivity index (χ1) is 7.78. The summed E-state index contributed by atoms with van der Waals surface area (Å²) in [5.41, 5.74) is 0. The molecule has 0 spiro atoms. The normalized spacial score (nSPS) is 10.6. The Morgan fingerprint density at radius 2 is 2.38 bits per heavy atom. The molecule has 0 N–H and O–H groups in total. The zero-order chi connectivity index (χ0) is 11.4. The van der Waals surface area contributed by atoms with Crippen molar-refractivity contribution in [3.63, 3.8) is 0 Å². The fourth-order valence-corrected chi connectivity index (χ4v) is 1.69. The van der Waals surface area contributed by atoms with Crippen molar-refractivity contribution in [2.45, 2.75) is 26.5 Å². The topological polar surface area (TPSA) is 40.2 Å². The lowest BCUT2D eigenvalue weighted by Crippen LogP contribution is -1.96. The van der Waals surface area contributed by atoms with Crippen LogP contribution in [0.5, 0.6) is 5.75 Å². The Balaban J connectivity index is 1.89. The van der Waals surface area contributed by atoms with E-state index in [1.54, 1.807) is 6.20 Å². The van der Waals surface area contributed by atoms with Gasteiger partial charge in [0.05, 0.1) is 12.4 Å². The zero-order valence-electron chi connectivity index (χ0n) is 9.02. The van der Waals surface area contributed by atoms with Gasteiger partial charge in [0.15, 0.2) is 10.4 Å². The number of aryl methyl sites for hydroxylation is 1. The number of hydrogen-bond donors (Lipinski definition) is 0. The fourth-order valence-electron chi connectivity index (χ4n) is 1.35. The van der Waals surface area contributed by atoms with E-state index in [-0.39, 0.29) is 0 Å². The molecule has 0 aliphatic heterocycles.